The number of benzene rings is 10. The van der Waals surface area contributed by atoms with E-state index >= 15 is 9.59 Å². The van der Waals surface area contributed by atoms with Crippen molar-refractivity contribution in [2.75, 3.05) is 28.4 Å². The van der Waals surface area contributed by atoms with E-state index in [1.165, 1.54) is 28.4 Å². The van der Waals surface area contributed by atoms with E-state index < -0.39 is 53.0 Å². The molecule has 0 saturated heterocycles. The standard InChI is InChI=1S/C75H66O18P2/c1-48-23-7-17-33-60(48)86-74(80)58-45-53-28-9-15-31-56(53)70(72(58)92-94(88-62-35-19-11-25-50(62)39-42-66(76)82-3)89-63-36-20-12-26-51(63)40-43-67(77)83-4)71-57-32-16-10-29-54(57)46-59(75(81)87-61-34-18-8-24-49(61)2)73(71)93-95(91-65-38-22-14-30-55(65)47-69(79)85-6)90-64-37-21-13-27-52(64)41-44-68(78)84-5/h7-38,45-46H,39-44,47H2,1-6H3. The van der Waals surface area contributed by atoms with E-state index in [1.54, 1.807) is 196 Å². The van der Waals surface area contributed by atoms with Crippen molar-refractivity contribution in [1.82, 2.24) is 0 Å². The highest BCUT2D eigenvalue weighted by Gasteiger charge is 2.36. The van der Waals surface area contributed by atoms with E-state index in [1.807, 2.05) is 24.3 Å². The van der Waals surface area contributed by atoms with Gasteiger partial charge in [-0.3, -0.25) is 19.2 Å². The van der Waals surface area contributed by atoms with Gasteiger partial charge in [0.25, 0.3) is 0 Å². The molecule has 10 aromatic rings. The first-order valence-electron chi connectivity index (χ1n) is 30.2. The Morgan fingerprint density at radius 1 is 0.326 bits per heavy atom. The number of carbonyl (C=O) groups excluding carboxylic acids is 6. The maximum Gasteiger partial charge on any atom is 0.530 e. The Kier molecular flexibility index (Phi) is 22.7. The molecule has 0 aliphatic heterocycles. The van der Waals surface area contributed by atoms with E-state index in [0.29, 0.717) is 54.9 Å². The number of para-hydroxylation sites is 6. The van der Waals surface area contributed by atoms with Crippen LogP contribution in [0.3, 0.4) is 0 Å². The first-order valence-corrected chi connectivity index (χ1v) is 32.4. The number of aryl methyl sites for hydroxylation is 5. The van der Waals surface area contributed by atoms with Gasteiger partial charge in [-0.25, -0.2) is 9.59 Å². The highest BCUT2D eigenvalue weighted by Crippen LogP contribution is 2.56. The van der Waals surface area contributed by atoms with Crippen LogP contribution in [0.4, 0.5) is 0 Å². The van der Waals surface area contributed by atoms with Gasteiger partial charge in [0.1, 0.15) is 45.6 Å². The summed E-state index contributed by atoms with van der Waals surface area (Å²) >= 11 is 0. The molecular weight excluding hydrogens is 1250 g/mol. The van der Waals surface area contributed by atoms with E-state index in [2.05, 4.69) is 0 Å². The van der Waals surface area contributed by atoms with Crippen molar-refractivity contribution in [2.24, 2.45) is 0 Å². The van der Waals surface area contributed by atoms with Gasteiger partial charge in [0.15, 0.2) is 11.5 Å². The van der Waals surface area contributed by atoms with Crippen LogP contribution in [0.2, 0.25) is 0 Å². The normalized spacial score (nSPS) is 11.2. The van der Waals surface area contributed by atoms with Crippen molar-refractivity contribution in [3.05, 3.63) is 251 Å². The van der Waals surface area contributed by atoms with Crippen LogP contribution in [0.5, 0.6) is 46.0 Å². The van der Waals surface area contributed by atoms with Crippen LogP contribution in [-0.2, 0) is 63.8 Å². The van der Waals surface area contributed by atoms with E-state index in [9.17, 15) is 19.2 Å². The fraction of sp³-hybridized carbons (Fsp3) is 0.173. The lowest BCUT2D eigenvalue weighted by molar-refractivity contribution is -0.141. The second kappa shape index (κ2) is 32.2. The number of esters is 6. The van der Waals surface area contributed by atoms with Gasteiger partial charge in [0.2, 0.25) is 0 Å². The summed E-state index contributed by atoms with van der Waals surface area (Å²) in [5, 5.41) is 1.88. The summed E-state index contributed by atoms with van der Waals surface area (Å²) in [4.78, 5) is 82.6. The average Bonchev–Trinajstić information content (AvgIpc) is 0.732. The molecule has 0 aliphatic carbocycles. The Balaban J connectivity index is 1.29. The highest BCUT2D eigenvalue weighted by atomic mass is 31.2. The quantitative estimate of drug-likeness (QED) is 0.0193. The molecular formula is C75H66O18P2. The summed E-state index contributed by atoms with van der Waals surface area (Å²) in [6.07, 6.45) is 0.237. The number of carbonyl (C=O) groups is 6. The SMILES string of the molecule is COC(=O)CCc1ccccc1OP(Oc1ccccc1CCC(=O)OC)Oc1c(C(=O)Oc2ccccc2C)cc2ccccc2c1-c1c(OP(Oc2ccccc2CCC(=O)OC)Oc2ccccc2CC(=O)OC)c(C(=O)Oc2ccccc2C)cc2ccccc12. The van der Waals surface area contributed by atoms with Gasteiger partial charge in [-0.2, -0.15) is 0 Å². The Bertz CT molecular complexity index is 4390. The maximum atomic E-state index is 15.7. The minimum absolute atomic E-state index is 0.0129. The molecule has 0 heterocycles. The van der Waals surface area contributed by atoms with E-state index in [0.717, 1.165) is 0 Å². The molecule has 10 rings (SSSR count). The molecule has 95 heavy (non-hydrogen) atoms. The van der Waals surface area contributed by atoms with Crippen molar-refractivity contribution in [2.45, 2.75) is 58.8 Å². The number of rotatable bonds is 28. The van der Waals surface area contributed by atoms with Crippen molar-refractivity contribution in [3.63, 3.8) is 0 Å². The third-order valence-corrected chi connectivity index (χ3v) is 17.3. The molecule has 0 fully saturated rings. The minimum atomic E-state index is -2.89. The zero-order valence-electron chi connectivity index (χ0n) is 52.8. The molecule has 0 aliphatic rings. The first kappa shape index (κ1) is 67.1. The second-order valence-electron chi connectivity index (χ2n) is 21.4. The van der Waals surface area contributed by atoms with Crippen LogP contribution in [0.1, 0.15) is 73.4 Å². The van der Waals surface area contributed by atoms with Gasteiger partial charge < -0.3 is 55.6 Å². The Morgan fingerprint density at radius 2 is 0.621 bits per heavy atom. The fourth-order valence-corrected chi connectivity index (χ4v) is 12.5. The van der Waals surface area contributed by atoms with E-state index in [4.69, 9.17) is 55.6 Å². The molecule has 0 N–H and O–H groups in total. The lowest BCUT2D eigenvalue weighted by Crippen LogP contribution is -2.15. The lowest BCUT2D eigenvalue weighted by atomic mass is 9.88. The monoisotopic (exact) mass is 1320 g/mol. The van der Waals surface area contributed by atoms with Crippen LogP contribution in [0, 0.1) is 13.8 Å². The highest BCUT2D eigenvalue weighted by molar-refractivity contribution is 7.43. The van der Waals surface area contributed by atoms with Crippen molar-refractivity contribution in [1.29, 1.82) is 0 Å². The third-order valence-electron chi connectivity index (χ3n) is 15.2. The molecule has 1 atom stereocenters. The van der Waals surface area contributed by atoms with E-state index in [-0.39, 0.29) is 113 Å². The van der Waals surface area contributed by atoms with Gasteiger partial charge >= 0.3 is 53.0 Å². The number of hydrogen-bond acceptors (Lipinski definition) is 18. The number of fused-ring (bicyclic) bond motifs is 2. The summed E-state index contributed by atoms with van der Waals surface area (Å²) < 4.78 is 75.5. The molecule has 0 spiro atoms. The fourth-order valence-electron chi connectivity index (χ4n) is 10.3. The summed E-state index contributed by atoms with van der Waals surface area (Å²) in [6, 6.07) is 59.4. The molecule has 0 aromatic heterocycles. The van der Waals surface area contributed by atoms with Crippen LogP contribution >= 0.6 is 17.2 Å². The molecule has 484 valence electrons. The van der Waals surface area contributed by atoms with Crippen LogP contribution in [0.25, 0.3) is 32.7 Å². The van der Waals surface area contributed by atoms with Crippen LogP contribution in [0.15, 0.2) is 206 Å². The summed E-state index contributed by atoms with van der Waals surface area (Å²) in [6.45, 7) is 3.60. The molecule has 1 unspecified atom stereocenters. The zero-order chi connectivity index (χ0) is 66.8. The number of methoxy groups -OCH3 is 4. The number of hydrogen-bond donors (Lipinski definition) is 0. The van der Waals surface area contributed by atoms with Crippen molar-refractivity contribution in [3.8, 4) is 57.1 Å². The Hall–Kier alpha value is -10.8. The van der Waals surface area contributed by atoms with Gasteiger partial charge in [-0.1, -0.05) is 158 Å². The predicted molar refractivity (Wildman–Crippen MR) is 359 cm³/mol. The first-order chi connectivity index (χ1) is 46.2. The molecule has 0 amide bonds. The lowest BCUT2D eigenvalue weighted by Gasteiger charge is -2.27. The smallest absolute Gasteiger partial charge is 0.469 e. The third kappa shape index (κ3) is 16.9. The number of ether oxygens (including phenoxy) is 6. The Morgan fingerprint density at radius 3 is 0.968 bits per heavy atom. The molecule has 18 nitrogen and oxygen atoms in total. The van der Waals surface area contributed by atoms with Gasteiger partial charge in [0.05, 0.1) is 34.9 Å². The largest absolute Gasteiger partial charge is 0.530 e. The zero-order valence-corrected chi connectivity index (χ0v) is 54.6. The van der Waals surface area contributed by atoms with Crippen molar-refractivity contribution < 1.29 is 84.3 Å². The molecule has 20 heteroatoms. The van der Waals surface area contributed by atoms with Gasteiger partial charge in [-0.05, 0) is 131 Å². The molecule has 0 radical (unpaired) electrons. The summed E-state index contributed by atoms with van der Waals surface area (Å²) in [5.74, 6) is -2.77. The average molecular weight is 1320 g/mol. The Labute approximate surface area is 551 Å². The minimum Gasteiger partial charge on any atom is -0.469 e. The second-order valence-corrected chi connectivity index (χ2v) is 23.4. The predicted octanol–water partition coefficient (Wildman–Crippen LogP) is 16.3. The van der Waals surface area contributed by atoms with Crippen LogP contribution in [-0.4, -0.2) is 64.3 Å². The topological polar surface area (TPSA) is 213 Å². The van der Waals surface area contributed by atoms with Gasteiger partial charge in [-0.15, -0.1) is 0 Å². The van der Waals surface area contributed by atoms with Crippen LogP contribution < -0.4 is 36.6 Å². The molecule has 0 bridgehead atoms. The summed E-state index contributed by atoms with van der Waals surface area (Å²) in [5.41, 5.74) is 3.37. The van der Waals surface area contributed by atoms with Gasteiger partial charge in [0, 0.05) is 36.0 Å². The molecule has 0 saturated carbocycles. The summed E-state index contributed by atoms with van der Waals surface area (Å²) in [7, 11) is -0.569. The maximum absolute atomic E-state index is 15.7. The van der Waals surface area contributed by atoms with Crippen molar-refractivity contribution >= 4 is 74.6 Å². The molecule has 10 aromatic carbocycles.